The lowest BCUT2D eigenvalue weighted by Gasteiger charge is -2.10. The van der Waals surface area contributed by atoms with Crippen LogP contribution in [0.25, 0.3) is 0 Å². The lowest BCUT2D eigenvalue weighted by molar-refractivity contribution is 0.748. The molecule has 1 rings (SSSR count). The third-order valence-corrected chi connectivity index (χ3v) is 2.24. The van der Waals surface area contributed by atoms with E-state index in [1.54, 1.807) is 0 Å². The predicted molar refractivity (Wildman–Crippen MR) is 39.9 cm³/mol. The molecule has 0 aliphatic carbocycles. The van der Waals surface area contributed by atoms with Crippen LogP contribution in [-0.2, 0) is 0 Å². The Kier molecular flexibility index (Phi) is 1.58. The maximum absolute atomic E-state index is 3.30. The molecule has 0 bridgehead atoms. The highest BCUT2D eigenvalue weighted by atomic mass is 127. The number of rotatable bonds is 0. The largest absolute Gasteiger partial charge is 0.315 e. The Bertz CT molecular complexity index is 62.5. The molecule has 1 nitrogen and oxygen atoms in total. The van der Waals surface area contributed by atoms with E-state index in [9.17, 15) is 0 Å². The summed E-state index contributed by atoms with van der Waals surface area (Å²) in [5.74, 6) is 0. The Hall–Kier alpha value is 0.690. The molecule has 0 amide bonds. The molecule has 0 spiro atoms. The normalized spacial score (nSPS) is 42.0. The van der Waals surface area contributed by atoms with Gasteiger partial charge in [0.05, 0.1) is 0 Å². The third kappa shape index (κ3) is 1.57. The maximum Gasteiger partial charge on any atom is 0.0330 e. The molecule has 0 aromatic carbocycles. The van der Waals surface area contributed by atoms with E-state index in [1.165, 1.54) is 19.5 Å². The van der Waals surface area contributed by atoms with Gasteiger partial charge in [0.1, 0.15) is 0 Å². The smallest absolute Gasteiger partial charge is 0.0330 e. The van der Waals surface area contributed by atoms with E-state index < -0.39 is 0 Å². The summed E-state index contributed by atoms with van der Waals surface area (Å²) < 4.78 is 0.553. The number of alkyl halides is 1. The van der Waals surface area contributed by atoms with Crippen LogP contribution in [0.3, 0.4) is 0 Å². The van der Waals surface area contributed by atoms with Crippen molar-refractivity contribution < 1.29 is 0 Å². The van der Waals surface area contributed by atoms with Crippen molar-refractivity contribution in [1.29, 1.82) is 0 Å². The van der Waals surface area contributed by atoms with Crippen LogP contribution in [-0.4, -0.2) is 16.5 Å². The Morgan fingerprint density at radius 2 is 2.43 bits per heavy atom. The van der Waals surface area contributed by atoms with E-state index >= 15 is 0 Å². The summed E-state index contributed by atoms with van der Waals surface area (Å²) in [5.41, 5.74) is 0. The Morgan fingerprint density at radius 1 is 1.71 bits per heavy atom. The van der Waals surface area contributed by atoms with E-state index in [-0.39, 0.29) is 0 Å². The van der Waals surface area contributed by atoms with Crippen molar-refractivity contribution in [3.8, 4) is 0 Å². The molecule has 1 heterocycles. The number of nitrogens with one attached hydrogen (secondary N) is 1. The topological polar surface area (TPSA) is 12.0 Å². The average molecular weight is 211 g/mol. The van der Waals surface area contributed by atoms with Gasteiger partial charge in [-0.1, -0.05) is 22.6 Å². The highest BCUT2D eigenvalue weighted by Gasteiger charge is 2.23. The summed E-state index contributed by atoms with van der Waals surface area (Å²) >= 11 is 2.50. The first kappa shape index (κ1) is 5.82. The molecular weight excluding hydrogens is 201 g/mol. The minimum absolute atomic E-state index is 0.553. The molecule has 1 aliphatic rings. The van der Waals surface area contributed by atoms with E-state index in [4.69, 9.17) is 0 Å². The molecule has 1 atom stereocenters. The monoisotopic (exact) mass is 211 g/mol. The molecule has 2 heteroatoms. The fourth-order valence-corrected chi connectivity index (χ4v) is 1.33. The molecule has 0 saturated carbocycles. The highest BCUT2D eigenvalue weighted by Crippen LogP contribution is 2.24. The summed E-state index contributed by atoms with van der Waals surface area (Å²) in [7, 11) is 0. The van der Waals surface area contributed by atoms with Gasteiger partial charge in [-0.3, -0.25) is 0 Å². The minimum atomic E-state index is 0.553. The molecule has 7 heavy (non-hydrogen) atoms. The van der Waals surface area contributed by atoms with Gasteiger partial charge in [-0.2, -0.15) is 0 Å². The van der Waals surface area contributed by atoms with Gasteiger partial charge >= 0.3 is 0 Å². The van der Waals surface area contributed by atoms with Crippen molar-refractivity contribution >= 4 is 22.6 Å². The van der Waals surface area contributed by atoms with Crippen LogP contribution in [0.5, 0.6) is 0 Å². The zero-order valence-electron chi connectivity index (χ0n) is 4.50. The fourth-order valence-electron chi connectivity index (χ4n) is 0.786. The first-order chi connectivity index (χ1) is 3.21. The molecular formula is C5H10IN. The van der Waals surface area contributed by atoms with Crippen molar-refractivity contribution in [2.45, 2.75) is 16.8 Å². The maximum atomic E-state index is 3.30. The number of hydrogen-bond acceptors (Lipinski definition) is 1. The summed E-state index contributed by atoms with van der Waals surface area (Å²) in [5, 5.41) is 3.30. The molecule has 1 fully saturated rings. The fraction of sp³-hybridized carbons (Fsp3) is 1.00. The second-order valence-corrected chi connectivity index (χ2v) is 4.94. The SMILES string of the molecule is C[C@@]1(I)CCNC1. The first-order valence-electron chi connectivity index (χ1n) is 2.60. The zero-order valence-corrected chi connectivity index (χ0v) is 6.66. The van der Waals surface area contributed by atoms with Crippen LogP contribution in [0, 0.1) is 0 Å². The van der Waals surface area contributed by atoms with Gasteiger partial charge in [-0.25, -0.2) is 0 Å². The van der Waals surface area contributed by atoms with Crippen molar-refractivity contribution in [3.05, 3.63) is 0 Å². The van der Waals surface area contributed by atoms with Gasteiger partial charge in [0.2, 0.25) is 0 Å². The second-order valence-electron chi connectivity index (χ2n) is 2.34. The van der Waals surface area contributed by atoms with Crippen molar-refractivity contribution in [1.82, 2.24) is 5.32 Å². The van der Waals surface area contributed by atoms with Crippen molar-refractivity contribution in [2.75, 3.05) is 13.1 Å². The van der Waals surface area contributed by atoms with Crippen LogP contribution in [0.1, 0.15) is 13.3 Å². The third-order valence-electron chi connectivity index (χ3n) is 1.32. The first-order valence-corrected chi connectivity index (χ1v) is 3.68. The standard InChI is InChI=1S/C5H10IN/c1-5(6)2-3-7-4-5/h7H,2-4H2,1H3/t5-/m1/s1. The Morgan fingerprint density at radius 3 is 2.57 bits per heavy atom. The average Bonchev–Trinajstić information content (AvgIpc) is 1.84. The van der Waals surface area contributed by atoms with Gasteiger partial charge in [-0.05, 0) is 19.9 Å². The van der Waals surface area contributed by atoms with Gasteiger partial charge < -0.3 is 5.32 Å². The summed E-state index contributed by atoms with van der Waals surface area (Å²) in [6.45, 7) is 4.68. The molecule has 0 radical (unpaired) electrons. The van der Waals surface area contributed by atoms with E-state index in [0.29, 0.717) is 3.42 Å². The molecule has 42 valence electrons. The Balaban J connectivity index is 2.40. The van der Waals surface area contributed by atoms with Crippen LogP contribution in [0.4, 0.5) is 0 Å². The molecule has 1 saturated heterocycles. The molecule has 1 aliphatic heterocycles. The van der Waals surface area contributed by atoms with Crippen LogP contribution < -0.4 is 5.32 Å². The van der Waals surface area contributed by atoms with E-state index in [2.05, 4.69) is 34.8 Å². The molecule has 1 N–H and O–H groups in total. The van der Waals surface area contributed by atoms with Gasteiger partial charge in [0, 0.05) is 9.97 Å². The van der Waals surface area contributed by atoms with Crippen LogP contribution in [0.15, 0.2) is 0 Å². The van der Waals surface area contributed by atoms with Crippen molar-refractivity contribution in [2.24, 2.45) is 0 Å². The van der Waals surface area contributed by atoms with Gasteiger partial charge in [0.25, 0.3) is 0 Å². The van der Waals surface area contributed by atoms with E-state index in [0.717, 1.165) is 0 Å². The lowest BCUT2D eigenvalue weighted by Crippen LogP contribution is -2.18. The zero-order chi connectivity index (χ0) is 5.33. The predicted octanol–water partition coefficient (Wildman–Crippen LogP) is 1.17. The quantitative estimate of drug-likeness (QED) is 0.468. The molecule has 0 aromatic heterocycles. The summed E-state index contributed by atoms with van der Waals surface area (Å²) in [6.07, 6.45) is 1.33. The van der Waals surface area contributed by atoms with Crippen LogP contribution >= 0.6 is 22.6 Å². The summed E-state index contributed by atoms with van der Waals surface area (Å²) in [4.78, 5) is 0. The van der Waals surface area contributed by atoms with Gasteiger partial charge in [-0.15, -0.1) is 0 Å². The minimum Gasteiger partial charge on any atom is -0.315 e. The van der Waals surface area contributed by atoms with Crippen LogP contribution in [0.2, 0.25) is 0 Å². The summed E-state index contributed by atoms with van der Waals surface area (Å²) in [6, 6.07) is 0. The number of halogens is 1. The van der Waals surface area contributed by atoms with Gasteiger partial charge in [0.15, 0.2) is 0 Å². The molecule has 0 unspecified atom stereocenters. The van der Waals surface area contributed by atoms with Crippen molar-refractivity contribution in [3.63, 3.8) is 0 Å². The second kappa shape index (κ2) is 1.90. The molecule has 0 aromatic rings. The Labute approximate surface area is 58.0 Å². The lowest BCUT2D eigenvalue weighted by atomic mass is 10.2. The highest BCUT2D eigenvalue weighted by molar-refractivity contribution is 14.1. The van der Waals surface area contributed by atoms with E-state index in [1.807, 2.05) is 0 Å². The number of hydrogen-bond donors (Lipinski definition) is 1.